The molecule has 1 atom stereocenters. The highest BCUT2D eigenvalue weighted by Crippen LogP contribution is 2.31. The van der Waals surface area contributed by atoms with Crippen LogP contribution in [0.5, 0.6) is 0 Å². The van der Waals surface area contributed by atoms with Crippen LogP contribution in [-0.4, -0.2) is 42.1 Å². The van der Waals surface area contributed by atoms with E-state index in [-0.39, 0.29) is 5.13 Å². The number of hydrogen-bond acceptors (Lipinski definition) is 4. The van der Waals surface area contributed by atoms with Crippen LogP contribution >= 0.6 is 11.3 Å². The molecular weight excluding hydrogens is 341 g/mol. The Balaban J connectivity index is 1.59. The predicted octanol–water partition coefficient (Wildman–Crippen LogP) is 3.80. The van der Waals surface area contributed by atoms with Gasteiger partial charge in [0.05, 0.1) is 0 Å². The largest absolute Gasteiger partial charge is 0.434 e. The number of hydrogen-bond donors (Lipinski definition) is 2. The Labute approximate surface area is 143 Å². The van der Waals surface area contributed by atoms with Crippen molar-refractivity contribution in [1.82, 2.24) is 15.2 Å². The van der Waals surface area contributed by atoms with Crippen LogP contribution in [0.15, 0.2) is 5.38 Å². The molecule has 2 rings (SSSR count). The number of amides is 2. The number of halogens is 3. The first-order valence-electron chi connectivity index (χ1n) is 8.14. The van der Waals surface area contributed by atoms with E-state index in [9.17, 15) is 18.0 Å². The van der Waals surface area contributed by atoms with E-state index in [0.717, 1.165) is 55.1 Å². The molecule has 1 aliphatic heterocycles. The van der Waals surface area contributed by atoms with Gasteiger partial charge in [-0.15, -0.1) is 11.3 Å². The third-order valence-electron chi connectivity index (χ3n) is 3.94. The van der Waals surface area contributed by atoms with E-state index in [1.165, 1.54) is 12.8 Å². The van der Waals surface area contributed by atoms with Crippen molar-refractivity contribution >= 4 is 22.5 Å². The van der Waals surface area contributed by atoms with Crippen LogP contribution in [0, 0.1) is 5.92 Å². The van der Waals surface area contributed by atoms with Gasteiger partial charge in [-0.2, -0.15) is 13.2 Å². The van der Waals surface area contributed by atoms with E-state index in [1.807, 2.05) is 0 Å². The molecule has 1 aromatic rings. The number of urea groups is 1. The van der Waals surface area contributed by atoms with Gasteiger partial charge in [-0.25, -0.2) is 9.78 Å². The zero-order valence-electron chi connectivity index (χ0n) is 13.7. The summed E-state index contributed by atoms with van der Waals surface area (Å²) in [5.41, 5.74) is -0.987. The molecule has 1 fully saturated rings. The van der Waals surface area contributed by atoms with E-state index in [0.29, 0.717) is 6.54 Å². The summed E-state index contributed by atoms with van der Waals surface area (Å²) in [6, 6.07) is -0.523. The number of nitrogens with zero attached hydrogens (tertiary/aromatic N) is 2. The Morgan fingerprint density at radius 2 is 2.25 bits per heavy atom. The van der Waals surface area contributed by atoms with Crippen LogP contribution in [0.1, 0.15) is 38.3 Å². The monoisotopic (exact) mass is 364 g/mol. The molecule has 0 unspecified atom stereocenters. The molecule has 0 spiro atoms. The highest BCUT2D eigenvalue weighted by Gasteiger charge is 2.33. The van der Waals surface area contributed by atoms with Gasteiger partial charge < -0.3 is 10.2 Å². The molecule has 2 amide bonds. The van der Waals surface area contributed by atoms with Crippen molar-refractivity contribution in [3.05, 3.63) is 11.1 Å². The molecule has 1 aliphatic rings. The second-order valence-electron chi connectivity index (χ2n) is 6.17. The Hall–Kier alpha value is -1.35. The fraction of sp³-hybridized carbons (Fsp3) is 0.733. The van der Waals surface area contributed by atoms with Gasteiger partial charge in [0.15, 0.2) is 10.8 Å². The normalized spacial score (nSPS) is 19.2. The smallest absolute Gasteiger partial charge is 0.338 e. The van der Waals surface area contributed by atoms with E-state index < -0.39 is 17.9 Å². The van der Waals surface area contributed by atoms with Crippen molar-refractivity contribution in [2.75, 3.05) is 31.5 Å². The minimum absolute atomic E-state index is 0.0536. The maximum Gasteiger partial charge on any atom is 0.434 e. The van der Waals surface area contributed by atoms with Gasteiger partial charge >= 0.3 is 12.2 Å². The lowest BCUT2D eigenvalue weighted by atomic mass is 10.0. The van der Waals surface area contributed by atoms with Crippen LogP contribution in [0.3, 0.4) is 0 Å². The summed E-state index contributed by atoms with van der Waals surface area (Å²) < 4.78 is 37.2. The number of alkyl halides is 3. The Morgan fingerprint density at radius 3 is 2.92 bits per heavy atom. The van der Waals surface area contributed by atoms with Crippen LogP contribution in [0.25, 0.3) is 0 Å². The maximum atomic E-state index is 12.4. The lowest BCUT2D eigenvalue weighted by Gasteiger charge is -2.30. The van der Waals surface area contributed by atoms with E-state index in [1.54, 1.807) is 0 Å². The van der Waals surface area contributed by atoms with Crippen molar-refractivity contribution < 1.29 is 18.0 Å². The quantitative estimate of drug-likeness (QED) is 0.755. The Bertz CT molecular complexity index is 535. The summed E-state index contributed by atoms with van der Waals surface area (Å²) in [7, 11) is 0. The van der Waals surface area contributed by atoms with E-state index in [4.69, 9.17) is 0 Å². The van der Waals surface area contributed by atoms with Crippen molar-refractivity contribution in [3.8, 4) is 0 Å². The van der Waals surface area contributed by atoms with Crippen molar-refractivity contribution in [2.45, 2.75) is 38.8 Å². The maximum absolute atomic E-state index is 12.4. The molecule has 1 saturated heterocycles. The molecular formula is C15H23F3N4OS. The minimum atomic E-state index is -4.49. The molecule has 5 nitrogen and oxygen atoms in total. The van der Waals surface area contributed by atoms with Crippen LogP contribution in [0.4, 0.5) is 23.1 Å². The first-order chi connectivity index (χ1) is 11.3. The van der Waals surface area contributed by atoms with Crippen LogP contribution in [-0.2, 0) is 6.18 Å². The van der Waals surface area contributed by atoms with Gasteiger partial charge in [-0.05, 0) is 44.7 Å². The summed E-state index contributed by atoms with van der Waals surface area (Å²) in [6.07, 6.45) is -0.119. The molecule has 2 heterocycles. The molecule has 0 bridgehead atoms. The fourth-order valence-corrected chi connectivity index (χ4v) is 3.47. The van der Waals surface area contributed by atoms with E-state index in [2.05, 4.69) is 27.4 Å². The topological polar surface area (TPSA) is 57.3 Å². The summed E-state index contributed by atoms with van der Waals surface area (Å²) >= 11 is 0.758. The molecule has 1 aromatic heterocycles. The average Bonchev–Trinajstić information content (AvgIpc) is 2.95. The summed E-state index contributed by atoms with van der Waals surface area (Å²) in [5, 5.41) is 5.80. The number of carbonyl (C=O) groups excluding carboxylic acids is 1. The predicted molar refractivity (Wildman–Crippen MR) is 88.2 cm³/mol. The number of aromatic nitrogens is 1. The number of rotatable bonds is 6. The summed E-state index contributed by atoms with van der Waals surface area (Å²) in [5.74, 6) is 0.752. The lowest BCUT2D eigenvalue weighted by Crippen LogP contribution is -2.35. The molecule has 0 aromatic carbocycles. The number of carbonyl (C=O) groups is 1. The number of anilines is 1. The Morgan fingerprint density at radius 1 is 1.46 bits per heavy atom. The van der Waals surface area contributed by atoms with Crippen molar-refractivity contribution in [2.24, 2.45) is 5.92 Å². The molecule has 9 heteroatoms. The van der Waals surface area contributed by atoms with Gasteiger partial charge in [0.25, 0.3) is 0 Å². The Kier molecular flexibility index (Phi) is 6.85. The second-order valence-corrected chi connectivity index (χ2v) is 7.03. The van der Waals surface area contributed by atoms with E-state index >= 15 is 0 Å². The van der Waals surface area contributed by atoms with Gasteiger partial charge in [0.1, 0.15) is 0 Å². The number of likely N-dealkylation sites (tertiary alicyclic amines) is 1. The van der Waals surface area contributed by atoms with Crippen LogP contribution in [0.2, 0.25) is 0 Å². The van der Waals surface area contributed by atoms with Crippen molar-refractivity contribution in [1.29, 1.82) is 0 Å². The van der Waals surface area contributed by atoms with Gasteiger partial charge in [0, 0.05) is 18.5 Å². The minimum Gasteiger partial charge on any atom is -0.338 e. The number of nitrogens with one attached hydrogen (secondary N) is 2. The van der Waals surface area contributed by atoms with Gasteiger partial charge in [-0.1, -0.05) is 6.92 Å². The molecule has 0 saturated carbocycles. The molecule has 2 N–H and O–H groups in total. The molecule has 0 aliphatic carbocycles. The standard InChI is InChI=1S/C15H23F3N4OS/c1-11-5-4-8-22(9-11)7-3-2-6-19-13(23)21-14-20-12(10-24-14)15(16,17)18/h10-11H,2-9H2,1H3,(H2,19,20,21,23)/t11-/m0/s1. The van der Waals surface area contributed by atoms with Gasteiger partial charge in [0.2, 0.25) is 0 Å². The first-order valence-corrected chi connectivity index (χ1v) is 9.02. The average molecular weight is 364 g/mol. The molecule has 24 heavy (non-hydrogen) atoms. The summed E-state index contributed by atoms with van der Waals surface area (Å²) in [6.45, 7) is 6.06. The number of piperidine rings is 1. The SMILES string of the molecule is C[C@H]1CCCN(CCCCNC(=O)Nc2nc(C(F)(F)F)cs2)C1. The highest BCUT2D eigenvalue weighted by atomic mass is 32.1. The molecule has 0 radical (unpaired) electrons. The van der Waals surface area contributed by atoms with Crippen LogP contribution < -0.4 is 10.6 Å². The van der Waals surface area contributed by atoms with Crippen molar-refractivity contribution in [3.63, 3.8) is 0 Å². The zero-order valence-corrected chi connectivity index (χ0v) is 14.5. The third-order valence-corrected chi connectivity index (χ3v) is 4.70. The number of unbranched alkanes of at least 4 members (excludes halogenated alkanes) is 1. The second kappa shape index (κ2) is 8.66. The summed E-state index contributed by atoms with van der Waals surface area (Å²) in [4.78, 5) is 17.4. The fourth-order valence-electron chi connectivity index (χ4n) is 2.75. The zero-order chi connectivity index (χ0) is 17.6. The van der Waals surface area contributed by atoms with Gasteiger partial charge in [-0.3, -0.25) is 5.32 Å². The third kappa shape index (κ3) is 6.27. The molecule has 136 valence electrons. The first kappa shape index (κ1) is 19.0. The number of thiazole rings is 1. The highest BCUT2D eigenvalue weighted by molar-refractivity contribution is 7.13. The lowest BCUT2D eigenvalue weighted by molar-refractivity contribution is -0.140.